The van der Waals surface area contributed by atoms with E-state index in [4.69, 9.17) is 11.6 Å². The van der Waals surface area contributed by atoms with Gasteiger partial charge >= 0.3 is 0 Å². The van der Waals surface area contributed by atoms with Gasteiger partial charge in [-0.2, -0.15) is 5.10 Å². The fourth-order valence-corrected chi connectivity index (χ4v) is 3.05. The molecule has 2 heterocycles. The highest BCUT2D eigenvalue weighted by Crippen LogP contribution is 2.35. The zero-order valence-corrected chi connectivity index (χ0v) is 10.4. The molecule has 0 radical (unpaired) electrons. The summed E-state index contributed by atoms with van der Waals surface area (Å²) in [5.74, 6) is 0. The summed E-state index contributed by atoms with van der Waals surface area (Å²) in [4.78, 5) is 0. The van der Waals surface area contributed by atoms with Gasteiger partial charge in [0.05, 0.1) is 17.3 Å². The van der Waals surface area contributed by atoms with Crippen molar-refractivity contribution in [2.24, 2.45) is 0 Å². The van der Waals surface area contributed by atoms with Crippen LogP contribution >= 0.6 is 22.9 Å². The number of rotatable bonds is 1. The fourth-order valence-electron chi connectivity index (χ4n) is 2.04. The number of alkyl halides is 1. The maximum atomic E-state index is 6.27. The average Bonchev–Trinajstić information content (AvgIpc) is 2.84. The molecule has 0 aliphatic heterocycles. The molecule has 1 unspecified atom stereocenters. The molecule has 1 aliphatic rings. The first kappa shape index (κ1) is 10.2. The van der Waals surface area contributed by atoms with Crippen LogP contribution in [-0.2, 0) is 6.42 Å². The number of halogens is 1. The number of nitrogens with zero attached hydrogens (tertiary/aromatic N) is 4. The summed E-state index contributed by atoms with van der Waals surface area (Å²) >= 11 is 7.82. The van der Waals surface area contributed by atoms with Crippen molar-refractivity contribution in [3.8, 4) is 5.13 Å². The molecule has 6 heteroatoms. The van der Waals surface area contributed by atoms with E-state index >= 15 is 0 Å². The Morgan fingerprint density at radius 2 is 2.38 bits per heavy atom. The Bertz CT molecular complexity index is 519. The topological polar surface area (TPSA) is 43.6 Å². The van der Waals surface area contributed by atoms with Crippen LogP contribution in [0.3, 0.4) is 0 Å². The van der Waals surface area contributed by atoms with Crippen LogP contribution < -0.4 is 0 Å². The van der Waals surface area contributed by atoms with Gasteiger partial charge in [-0.05, 0) is 26.2 Å². The lowest BCUT2D eigenvalue weighted by molar-refractivity contribution is 0.637. The molecule has 0 spiro atoms. The number of aromatic nitrogens is 4. The van der Waals surface area contributed by atoms with Crippen molar-refractivity contribution < 1.29 is 0 Å². The van der Waals surface area contributed by atoms with E-state index < -0.39 is 0 Å². The van der Waals surface area contributed by atoms with Crippen LogP contribution in [0.25, 0.3) is 5.13 Å². The van der Waals surface area contributed by atoms with Gasteiger partial charge in [-0.1, -0.05) is 11.3 Å². The second-order valence-electron chi connectivity index (χ2n) is 3.92. The zero-order chi connectivity index (χ0) is 11.1. The Labute approximate surface area is 102 Å². The highest BCUT2D eigenvalue weighted by atomic mass is 35.5. The van der Waals surface area contributed by atoms with Gasteiger partial charge < -0.3 is 0 Å². The van der Waals surface area contributed by atoms with Crippen LogP contribution in [0.5, 0.6) is 0 Å². The minimum atomic E-state index is 0.103. The fraction of sp³-hybridized carbons (Fsp3) is 0.500. The van der Waals surface area contributed by atoms with Crippen molar-refractivity contribution in [1.82, 2.24) is 20.0 Å². The van der Waals surface area contributed by atoms with Crippen LogP contribution in [0.15, 0.2) is 6.20 Å². The molecule has 0 amide bonds. The molecule has 1 atom stereocenters. The Morgan fingerprint density at radius 1 is 1.50 bits per heavy atom. The molecule has 3 rings (SSSR count). The number of aryl methyl sites for hydroxylation is 1. The SMILES string of the molecule is Cc1nnc(-n2ncc3c2CCCC3Cl)s1. The van der Waals surface area contributed by atoms with Gasteiger partial charge in [-0.3, -0.25) is 0 Å². The van der Waals surface area contributed by atoms with Crippen molar-refractivity contribution in [2.75, 3.05) is 0 Å². The van der Waals surface area contributed by atoms with Crippen molar-refractivity contribution in [3.63, 3.8) is 0 Å². The summed E-state index contributed by atoms with van der Waals surface area (Å²) in [5.41, 5.74) is 2.35. The van der Waals surface area contributed by atoms with E-state index in [9.17, 15) is 0 Å². The van der Waals surface area contributed by atoms with Crippen molar-refractivity contribution in [3.05, 3.63) is 22.5 Å². The number of hydrogen-bond acceptors (Lipinski definition) is 4. The lowest BCUT2D eigenvalue weighted by Crippen LogP contribution is -2.09. The maximum Gasteiger partial charge on any atom is 0.233 e. The molecule has 0 fully saturated rings. The molecular formula is C10H11ClN4S. The molecule has 0 aromatic carbocycles. The third-order valence-electron chi connectivity index (χ3n) is 2.81. The van der Waals surface area contributed by atoms with Crippen LogP contribution in [0.2, 0.25) is 0 Å². The predicted octanol–water partition coefficient (Wildman–Crippen LogP) is 2.65. The third kappa shape index (κ3) is 1.55. The Morgan fingerprint density at radius 3 is 3.12 bits per heavy atom. The Kier molecular flexibility index (Phi) is 2.44. The number of fused-ring (bicyclic) bond motifs is 1. The zero-order valence-electron chi connectivity index (χ0n) is 8.85. The van der Waals surface area contributed by atoms with Gasteiger partial charge in [-0.15, -0.1) is 21.8 Å². The first-order valence-electron chi connectivity index (χ1n) is 5.27. The Balaban J connectivity index is 2.09. The van der Waals surface area contributed by atoms with Crippen molar-refractivity contribution >= 4 is 22.9 Å². The summed E-state index contributed by atoms with van der Waals surface area (Å²) in [5, 5.41) is 14.4. The summed E-state index contributed by atoms with van der Waals surface area (Å²) in [6, 6.07) is 0. The van der Waals surface area contributed by atoms with Gasteiger partial charge in [-0.25, -0.2) is 4.68 Å². The molecule has 1 aliphatic carbocycles. The van der Waals surface area contributed by atoms with E-state index in [2.05, 4.69) is 15.3 Å². The van der Waals surface area contributed by atoms with Crippen LogP contribution in [0.1, 0.15) is 34.5 Å². The highest BCUT2D eigenvalue weighted by Gasteiger charge is 2.23. The highest BCUT2D eigenvalue weighted by molar-refractivity contribution is 7.13. The molecule has 84 valence electrons. The molecule has 0 N–H and O–H groups in total. The standard InChI is InChI=1S/C10H11ClN4S/c1-6-13-14-10(16-6)15-9-4-2-3-8(11)7(9)5-12-15/h5,8H,2-4H2,1H3. The summed E-state index contributed by atoms with van der Waals surface area (Å²) in [7, 11) is 0. The maximum absolute atomic E-state index is 6.27. The van der Waals surface area contributed by atoms with Crippen molar-refractivity contribution in [1.29, 1.82) is 0 Å². The van der Waals surface area contributed by atoms with Gasteiger partial charge in [0.1, 0.15) is 5.01 Å². The molecule has 2 aromatic heterocycles. The van der Waals surface area contributed by atoms with Gasteiger partial charge in [0.15, 0.2) is 0 Å². The first-order valence-corrected chi connectivity index (χ1v) is 6.52. The van der Waals surface area contributed by atoms with E-state index in [0.717, 1.165) is 35.0 Å². The third-order valence-corrected chi connectivity index (χ3v) is 4.07. The molecule has 4 nitrogen and oxygen atoms in total. The normalized spacial score (nSPS) is 19.8. The van der Waals surface area contributed by atoms with Crippen LogP contribution in [-0.4, -0.2) is 20.0 Å². The van der Waals surface area contributed by atoms with Gasteiger partial charge in [0.25, 0.3) is 0 Å². The second-order valence-corrected chi connectivity index (χ2v) is 5.61. The minimum Gasteiger partial charge on any atom is -0.209 e. The molecule has 0 saturated heterocycles. The first-order chi connectivity index (χ1) is 7.75. The van der Waals surface area contributed by atoms with E-state index in [1.165, 1.54) is 5.69 Å². The number of hydrogen-bond donors (Lipinski definition) is 0. The lowest BCUT2D eigenvalue weighted by atomic mass is 9.98. The largest absolute Gasteiger partial charge is 0.233 e. The van der Waals surface area contributed by atoms with Crippen LogP contribution in [0.4, 0.5) is 0 Å². The van der Waals surface area contributed by atoms with Gasteiger partial charge in [0.2, 0.25) is 5.13 Å². The van der Waals surface area contributed by atoms with E-state index in [0.29, 0.717) is 0 Å². The summed E-state index contributed by atoms with van der Waals surface area (Å²) in [6.45, 7) is 1.95. The Hall–Kier alpha value is -0.940. The van der Waals surface area contributed by atoms with E-state index in [-0.39, 0.29) is 5.38 Å². The second kappa shape index (κ2) is 3.82. The van der Waals surface area contributed by atoms with Crippen LogP contribution in [0, 0.1) is 6.92 Å². The predicted molar refractivity (Wildman–Crippen MR) is 63.3 cm³/mol. The monoisotopic (exact) mass is 254 g/mol. The van der Waals surface area contributed by atoms with Crippen molar-refractivity contribution in [2.45, 2.75) is 31.6 Å². The van der Waals surface area contributed by atoms with Gasteiger partial charge in [0, 0.05) is 5.56 Å². The molecule has 16 heavy (non-hydrogen) atoms. The average molecular weight is 255 g/mol. The molecular weight excluding hydrogens is 244 g/mol. The van der Waals surface area contributed by atoms with E-state index in [1.54, 1.807) is 11.3 Å². The quantitative estimate of drug-likeness (QED) is 0.735. The van der Waals surface area contributed by atoms with E-state index in [1.807, 2.05) is 17.8 Å². The smallest absolute Gasteiger partial charge is 0.209 e. The molecule has 0 bridgehead atoms. The lowest BCUT2D eigenvalue weighted by Gasteiger charge is -2.16. The molecule has 0 saturated carbocycles. The molecule has 2 aromatic rings. The minimum absolute atomic E-state index is 0.103. The summed E-state index contributed by atoms with van der Waals surface area (Å²) in [6.07, 6.45) is 5.04. The summed E-state index contributed by atoms with van der Waals surface area (Å²) < 4.78 is 1.88.